The van der Waals surface area contributed by atoms with E-state index in [0.717, 1.165) is 0 Å². The smallest absolute Gasteiger partial charge is 0.205 e. The molecule has 0 amide bonds. The number of aromatic nitrogens is 2. The molecule has 3 nitrogen and oxygen atoms in total. The predicted octanol–water partition coefficient (Wildman–Crippen LogP) is 4.66. The number of halogens is 4. The number of hydrogen-bond donors (Lipinski definition) is 1. The molecule has 0 bridgehead atoms. The van der Waals surface area contributed by atoms with Crippen molar-refractivity contribution in [3.8, 4) is 5.69 Å². The van der Waals surface area contributed by atoms with Gasteiger partial charge in [-0.3, -0.25) is 4.57 Å². The molecule has 0 radical (unpaired) electrons. The lowest BCUT2D eigenvalue weighted by atomic mass is 10.2. The minimum absolute atomic E-state index is 0.227. The van der Waals surface area contributed by atoms with Crippen LogP contribution in [0.3, 0.4) is 0 Å². The monoisotopic (exact) mass is 421 g/mol. The predicted molar refractivity (Wildman–Crippen MR) is 88.2 cm³/mol. The number of hydrogen-bond acceptors (Lipinski definition) is 2. The number of nitrogens with zero attached hydrogens (tertiary/aromatic N) is 2. The van der Waals surface area contributed by atoms with Gasteiger partial charge >= 0.3 is 0 Å². The molecule has 0 aliphatic rings. The summed E-state index contributed by atoms with van der Waals surface area (Å²) in [5.41, 5.74) is 7.65. The Morgan fingerprint density at radius 1 is 1.25 bits per heavy atom. The quantitative estimate of drug-likeness (QED) is 0.581. The Bertz CT molecular complexity index is 832. The Kier molecular flexibility index (Phi) is 3.51. The van der Waals surface area contributed by atoms with E-state index in [4.69, 9.17) is 28.9 Å². The van der Waals surface area contributed by atoms with Crippen molar-refractivity contribution in [3.05, 3.63) is 49.8 Å². The molecule has 0 fully saturated rings. The van der Waals surface area contributed by atoms with Crippen molar-refractivity contribution in [3.63, 3.8) is 0 Å². The molecule has 3 aromatic rings. The first-order chi connectivity index (χ1) is 9.49. The van der Waals surface area contributed by atoms with Crippen LogP contribution in [0.1, 0.15) is 0 Å². The Labute approximate surface area is 137 Å². The Morgan fingerprint density at radius 3 is 2.75 bits per heavy atom. The Morgan fingerprint density at radius 2 is 2.00 bits per heavy atom. The Balaban J connectivity index is 2.39. The number of benzene rings is 2. The first kappa shape index (κ1) is 13.9. The summed E-state index contributed by atoms with van der Waals surface area (Å²) in [5, 5.41) is 0.746. The van der Waals surface area contributed by atoms with Crippen molar-refractivity contribution in [2.75, 3.05) is 5.73 Å². The van der Waals surface area contributed by atoms with E-state index < -0.39 is 0 Å². The van der Waals surface area contributed by atoms with E-state index in [-0.39, 0.29) is 11.8 Å². The number of rotatable bonds is 1. The average molecular weight is 422 g/mol. The number of anilines is 1. The Hall–Kier alpha value is -1.05. The zero-order chi connectivity index (χ0) is 14.4. The van der Waals surface area contributed by atoms with Crippen molar-refractivity contribution in [1.82, 2.24) is 9.55 Å². The zero-order valence-electron chi connectivity index (χ0n) is 9.87. The maximum Gasteiger partial charge on any atom is 0.205 e. The van der Waals surface area contributed by atoms with Gasteiger partial charge in [0.05, 0.1) is 30.3 Å². The van der Waals surface area contributed by atoms with Crippen LogP contribution >= 0.6 is 45.8 Å². The summed E-state index contributed by atoms with van der Waals surface area (Å²) in [6, 6.07) is 8.19. The van der Waals surface area contributed by atoms with Crippen molar-refractivity contribution in [1.29, 1.82) is 0 Å². The number of nitrogens with two attached hydrogens (primary N) is 1. The van der Waals surface area contributed by atoms with Crippen LogP contribution in [0.15, 0.2) is 30.3 Å². The third kappa shape index (κ3) is 2.13. The first-order valence-electron chi connectivity index (χ1n) is 5.56. The molecule has 0 unspecified atom stereocenters. The molecule has 0 atom stereocenters. The van der Waals surface area contributed by atoms with E-state index in [1.807, 2.05) is 22.6 Å². The largest absolute Gasteiger partial charge is 0.369 e. The number of imidazole rings is 1. The molecule has 0 aliphatic heterocycles. The fraction of sp³-hybridized carbons (Fsp3) is 0. The standard InChI is InChI=1S/C13H7Cl2FIN3/c14-6-2-1-3-10(12(6)15)20-11-4-7(16)8(17)5-9(11)19-13(20)18/h1-5H,(H2,18,19). The fourth-order valence-corrected chi connectivity index (χ4v) is 2.84. The molecular weight excluding hydrogens is 415 g/mol. The average Bonchev–Trinajstić information content (AvgIpc) is 2.69. The fourth-order valence-electron chi connectivity index (χ4n) is 2.01. The van der Waals surface area contributed by atoms with Gasteiger partial charge in [-0.15, -0.1) is 0 Å². The van der Waals surface area contributed by atoms with Gasteiger partial charge in [0.15, 0.2) is 0 Å². The molecule has 2 N–H and O–H groups in total. The maximum absolute atomic E-state index is 13.8. The lowest BCUT2D eigenvalue weighted by molar-refractivity contribution is 0.622. The van der Waals surface area contributed by atoms with Gasteiger partial charge in [-0.25, -0.2) is 9.37 Å². The van der Waals surface area contributed by atoms with E-state index in [1.165, 1.54) is 6.07 Å². The molecule has 2 aromatic carbocycles. The first-order valence-corrected chi connectivity index (χ1v) is 7.40. The van der Waals surface area contributed by atoms with Crippen molar-refractivity contribution in [2.24, 2.45) is 0 Å². The summed E-state index contributed by atoms with van der Waals surface area (Å²) in [5.74, 6) is -0.108. The maximum atomic E-state index is 13.8. The topological polar surface area (TPSA) is 43.8 Å². The van der Waals surface area contributed by atoms with Crippen LogP contribution in [0.2, 0.25) is 10.0 Å². The minimum Gasteiger partial charge on any atom is -0.369 e. The number of fused-ring (bicyclic) bond motifs is 1. The summed E-state index contributed by atoms with van der Waals surface area (Å²) < 4.78 is 15.9. The molecule has 102 valence electrons. The van der Waals surface area contributed by atoms with Crippen molar-refractivity contribution < 1.29 is 4.39 Å². The molecule has 20 heavy (non-hydrogen) atoms. The molecule has 1 heterocycles. The SMILES string of the molecule is Nc1nc2cc(I)c(F)cc2n1-c1cccc(Cl)c1Cl. The van der Waals surface area contributed by atoms with Gasteiger partial charge in [0.2, 0.25) is 5.95 Å². The third-order valence-corrected chi connectivity index (χ3v) is 4.53. The minimum atomic E-state index is -0.336. The highest BCUT2D eigenvalue weighted by Gasteiger charge is 2.16. The van der Waals surface area contributed by atoms with E-state index >= 15 is 0 Å². The van der Waals surface area contributed by atoms with E-state index in [0.29, 0.717) is 30.3 Å². The molecule has 0 saturated heterocycles. The van der Waals surface area contributed by atoms with E-state index in [2.05, 4.69) is 4.98 Å². The highest BCUT2D eigenvalue weighted by atomic mass is 127. The van der Waals surface area contributed by atoms with Gasteiger partial charge in [0.1, 0.15) is 5.82 Å². The van der Waals surface area contributed by atoms with Gasteiger partial charge in [-0.1, -0.05) is 29.3 Å². The summed E-state index contributed by atoms with van der Waals surface area (Å²) >= 11 is 14.1. The zero-order valence-corrected chi connectivity index (χ0v) is 13.5. The third-order valence-electron chi connectivity index (χ3n) is 2.89. The van der Waals surface area contributed by atoms with Crippen LogP contribution in [0.5, 0.6) is 0 Å². The molecule has 0 aliphatic carbocycles. The second-order valence-electron chi connectivity index (χ2n) is 4.13. The van der Waals surface area contributed by atoms with Crippen LogP contribution in [0, 0.1) is 9.39 Å². The molecule has 0 spiro atoms. The van der Waals surface area contributed by atoms with Crippen LogP contribution in [-0.2, 0) is 0 Å². The van der Waals surface area contributed by atoms with Gasteiger partial charge in [-0.2, -0.15) is 0 Å². The molecule has 0 saturated carbocycles. The van der Waals surface area contributed by atoms with Gasteiger partial charge in [0, 0.05) is 6.07 Å². The lowest BCUT2D eigenvalue weighted by Gasteiger charge is -2.09. The van der Waals surface area contributed by atoms with E-state index in [9.17, 15) is 4.39 Å². The molecule has 1 aromatic heterocycles. The van der Waals surface area contributed by atoms with Crippen LogP contribution in [-0.4, -0.2) is 9.55 Å². The second kappa shape index (κ2) is 5.05. The van der Waals surface area contributed by atoms with Crippen LogP contribution in [0.4, 0.5) is 10.3 Å². The van der Waals surface area contributed by atoms with Gasteiger partial charge in [-0.05, 0) is 40.8 Å². The lowest BCUT2D eigenvalue weighted by Crippen LogP contribution is -2.01. The highest BCUT2D eigenvalue weighted by molar-refractivity contribution is 14.1. The van der Waals surface area contributed by atoms with Gasteiger partial charge < -0.3 is 5.73 Å². The number of nitrogen functional groups attached to an aromatic ring is 1. The van der Waals surface area contributed by atoms with Gasteiger partial charge in [0.25, 0.3) is 0 Å². The van der Waals surface area contributed by atoms with Crippen LogP contribution < -0.4 is 5.73 Å². The van der Waals surface area contributed by atoms with Crippen molar-refractivity contribution in [2.45, 2.75) is 0 Å². The normalized spacial score (nSPS) is 11.2. The summed E-state index contributed by atoms with van der Waals surface area (Å²) in [6.07, 6.45) is 0. The highest BCUT2D eigenvalue weighted by Crippen LogP contribution is 2.33. The summed E-state index contributed by atoms with van der Waals surface area (Å²) in [4.78, 5) is 4.23. The molecule has 3 rings (SSSR count). The van der Waals surface area contributed by atoms with Crippen LogP contribution in [0.25, 0.3) is 16.7 Å². The van der Waals surface area contributed by atoms with E-state index in [1.54, 1.807) is 28.8 Å². The second-order valence-corrected chi connectivity index (χ2v) is 6.08. The van der Waals surface area contributed by atoms with Crippen molar-refractivity contribution >= 4 is 62.8 Å². The summed E-state index contributed by atoms with van der Waals surface area (Å²) in [7, 11) is 0. The summed E-state index contributed by atoms with van der Waals surface area (Å²) in [6.45, 7) is 0. The molecule has 7 heteroatoms. The molecular formula is C13H7Cl2FIN3.